The number of fused-ring (bicyclic) bond motifs is 1. The van der Waals surface area contributed by atoms with Gasteiger partial charge in [0.2, 0.25) is 0 Å². The molecule has 1 aliphatic carbocycles. The molecule has 3 rings (SSSR count). The molecule has 1 radical (unpaired) electrons. The van der Waals surface area contributed by atoms with Crippen LogP contribution in [0.4, 0.5) is 0 Å². The summed E-state index contributed by atoms with van der Waals surface area (Å²) >= 11 is 0. The van der Waals surface area contributed by atoms with Gasteiger partial charge in [-0.3, -0.25) is 0 Å². The topological polar surface area (TPSA) is 0 Å². The van der Waals surface area contributed by atoms with E-state index in [9.17, 15) is 0 Å². The first-order valence-corrected chi connectivity index (χ1v) is 5.96. The summed E-state index contributed by atoms with van der Waals surface area (Å²) in [7, 11) is 0. The van der Waals surface area contributed by atoms with E-state index in [1.165, 1.54) is 41.5 Å². The summed E-state index contributed by atoms with van der Waals surface area (Å²) in [5, 5.41) is 2.72. The van der Waals surface area contributed by atoms with E-state index >= 15 is 0 Å². The summed E-state index contributed by atoms with van der Waals surface area (Å²) in [6.45, 7) is 0. The van der Waals surface area contributed by atoms with Crippen molar-refractivity contribution in [3.8, 4) is 0 Å². The molecule has 0 fully saturated rings. The van der Waals surface area contributed by atoms with Crippen molar-refractivity contribution in [2.75, 3.05) is 0 Å². The minimum Gasteiger partial charge on any atom is -0.0876 e. The summed E-state index contributed by atoms with van der Waals surface area (Å²) < 4.78 is 0. The van der Waals surface area contributed by atoms with Gasteiger partial charge in [-0.15, -0.1) is 0 Å². The Morgan fingerprint density at radius 1 is 0.875 bits per heavy atom. The molecule has 2 aromatic rings. The van der Waals surface area contributed by atoms with Gasteiger partial charge in [0, 0.05) is 5.92 Å². The largest absolute Gasteiger partial charge is 0.0876 e. The molecule has 0 N–H and O–H groups in total. The Balaban J connectivity index is 2.15. The Morgan fingerprint density at radius 2 is 1.75 bits per heavy atom. The molecule has 79 valence electrons. The average molecular weight is 207 g/mol. The molecule has 16 heavy (non-hydrogen) atoms. The van der Waals surface area contributed by atoms with Gasteiger partial charge in [-0.25, -0.2) is 0 Å². The van der Waals surface area contributed by atoms with Crippen molar-refractivity contribution in [3.05, 3.63) is 66.1 Å². The fourth-order valence-electron chi connectivity index (χ4n) is 2.45. The number of hydrogen-bond acceptors (Lipinski definition) is 0. The predicted molar refractivity (Wildman–Crippen MR) is 69.3 cm³/mol. The molecule has 0 atom stereocenters. The lowest BCUT2D eigenvalue weighted by Crippen LogP contribution is -2.00. The monoisotopic (exact) mass is 207 g/mol. The Bertz CT molecular complexity index is 517. The molecule has 0 heterocycles. The summed E-state index contributed by atoms with van der Waals surface area (Å²) in [6, 6.07) is 15.2. The second kappa shape index (κ2) is 4.13. The lowest BCUT2D eigenvalue weighted by atomic mass is 9.86. The van der Waals surface area contributed by atoms with Crippen LogP contribution in [0.15, 0.2) is 54.6 Å². The van der Waals surface area contributed by atoms with Gasteiger partial charge in [-0.05, 0) is 35.6 Å². The zero-order valence-corrected chi connectivity index (χ0v) is 9.32. The molecule has 0 bridgehead atoms. The van der Waals surface area contributed by atoms with Crippen molar-refractivity contribution in [1.82, 2.24) is 0 Å². The molecule has 1 aliphatic rings. The maximum absolute atomic E-state index is 2.30. The van der Waals surface area contributed by atoms with E-state index in [1.807, 2.05) is 0 Å². The highest BCUT2D eigenvalue weighted by molar-refractivity contribution is 5.87. The number of rotatable bonds is 1. The quantitative estimate of drug-likeness (QED) is 0.645. The third-order valence-corrected chi connectivity index (χ3v) is 3.27. The highest BCUT2D eigenvalue weighted by Gasteiger charge is 2.13. The van der Waals surface area contributed by atoms with E-state index in [0.717, 1.165) is 0 Å². The summed E-state index contributed by atoms with van der Waals surface area (Å²) in [5.74, 6) is 1.49. The Labute approximate surface area is 96.6 Å². The standard InChI is InChI=1S/C16H15/c1-2-7-13(8-3-1)16-12-6-10-14-9-4-5-11-15(14)16/h2,4-7,9-12H,1,3,8H2. The van der Waals surface area contributed by atoms with Crippen LogP contribution in [-0.4, -0.2) is 0 Å². The summed E-state index contributed by atoms with van der Waals surface area (Å²) in [5.41, 5.74) is 1.41. The van der Waals surface area contributed by atoms with E-state index in [4.69, 9.17) is 0 Å². The second-order valence-electron chi connectivity index (χ2n) is 4.35. The summed E-state index contributed by atoms with van der Waals surface area (Å²) in [4.78, 5) is 0. The maximum atomic E-state index is 2.30. The first kappa shape index (κ1) is 9.65. The van der Waals surface area contributed by atoms with Crippen molar-refractivity contribution >= 4 is 10.8 Å². The molecule has 0 spiro atoms. The molecule has 0 nitrogen and oxygen atoms in total. The van der Waals surface area contributed by atoms with E-state index in [0.29, 0.717) is 0 Å². The van der Waals surface area contributed by atoms with Crippen molar-refractivity contribution < 1.29 is 0 Å². The van der Waals surface area contributed by atoms with Gasteiger partial charge in [0.25, 0.3) is 0 Å². The molecular weight excluding hydrogens is 192 g/mol. The number of hydrogen-bond donors (Lipinski definition) is 0. The van der Waals surface area contributed by atoms with Gasteiger partial charge in [0.05, 0.1) is 0 Å². The zero-order chi connectivity index (χ0) is 10.8. The molecule has 0 saturated heterocycles. The first-order valence-electron chi connectivity index (χ1n) is 5.96. The number of allylic oxidation sites excluding steroid dienone is 2. The smallest absolute Gasteiger partial charge is 0.0270 e. The lowest BCUT2D eigenvalue weighted by Gasteiger charge is -2.17. The van der Waals surface area contributed by atoms with Gasteiger partial charge in [-0.1, -0.05) is 54.6 Å². The fourth-order valence-corrected chi connectivity index (χ4v) is 2.45. The Kier molecular flexibility index (Phi) is 2.49. The normalized spacial score (nSPS) is 16.8. The van der Waals surface area contributed by atoms with Gasteiger partial charge in [0.15, 0.2) is 0 Å². The van der Waals surface area contributed by atoms with E-state index < -0.39 is 0 Å². The van der Waals surface area contributed by atoms with Crippen LogP contribution in [0.2, 0.25) is 0 Å². The molecule has 0 unspecified atom stereocenters. The molecular formula is C16H15. The SMILES string of the molecule is C1=C[C](c2cccc3ccccc23)CCC1. The van der Waals surface area contributed by atoms with E-state index in [2.05, 4.69) is 54.6 Å². The lowest BCUT2D eigenvalue weighted by molar-refractivity contribution is 0.773. The van der Waals surface area contributed by atoms with Crippen molar-refractivity contribution in [3.63, 3.8) is 0 Å². The minimum absolute atomic E-state index is 1.21. The van der Waals surface area contributed by atoms with Crippen molar-refractivity contribution in [1.29, 1.82) is 0 Å². The van der Waals surface area contributed by atoms with Crippen LogP contribution >= 0.6 is 0 Å². The van der Waals surface area contributed by atoms with Crippen LogP contribution in [0.3, 0.4) is 0 Å². The van der Waals surface area contributed by atoms with Crippen LogP contribution in [0.5, 0.6) is 0 Å². The fraction of sp³-hybridized carbons (Fsp3) is 0.188. The third-order valence-electron chi connectivity index (χ3n) is 3.27. The van der Waals surface area contributed by atoms with Crippen LogP contribution in [0.1, 0.15) is 24.8 Å². The Morgan fingerprint density at radius 3 is 2.62 bits per heavy atom. The van der Waals surface area contributed by atoms with Crippen LogP contribution < -0.4 is 0 Å². The van der Waals surface area contributed by atoms with E-state index in [-0.39, 0.29) is 0 Å². The maximum Gasteiger partial charge on any atom is 0.0270 e. The highest BCUT2D eigenvalue weighted by Crippen LogP contribution is 2.31. The van der Waals surface area contributed by atoms with Gasteiger partial charge >= 0.3 is 0 Å². The van der Waals surface area contributed by atoms with Gasteiger partial charge < -0.3 is 0 Å². The number of benzene rings is 2. The minimum atomic E-state index is 1.21. The average Bonchev–Trinajstić information content (AvgIpc) is 2.39. The molecule has 0 aromatic heterocycles. The van der Waals surface area contributed by atoms with Crippen molar-refractivity contribution in [2.24, 2.45) is 0 Å². The summed E-state index contributed by atoms with van der Waals surface area (Å²) in [6.07, 6.45) is 8.32. The second-order valence-corrected chi connectivity index (χ2v) is 4.35. The molecule has 0 amide bonds. The first-order chi connectivity index (χ1) is 7.95. The Hall–Kier alpha value is -1.56. The van der Waals surface area contributed by atoms with Crippen LogP contribution in [0, 0.1) is 5.92 Å². The molecule has 2 aromatic carbocycles. The highest BCUT2D eigenvalue weighted by atomic mass is 14.2. The molecule has 0 heteroatoms. The van der Waals surface area contributed by atoms with Crippen LogP contribution in [-0.2, 0) is 0 Å². The van der Waals surface area contributed by atoms with Gasteiger partial charge in [0.1, 0.15) is 0 Å². The van der Waals surface area contributed by atoms with Gasteiger partial charge in [-0.2, -0.15) is 0 Å². The van der Waals surface area contributed by atoms with E-state index in [1.54, 1.807) is 0 Å². The predicted octanol–water partition coefficient (Wildman–Crippen LogP) is 4.50. The van der Waals surface area contributed by atoms with Crippen molar-refractivity contribution in [2.45, 2.75) is 19.3 Å². The zero-order valence-electron chi connectivity index (χ0n) is 9.32. The molecule has 0 aliphatic heterocycles. The molecule has 0 saturated carbocycles. The van der Waals surface area contributed by atoms with Crippen LogP contribution in [0.25, 0.3) is 10.8 Å². The third kappa shape index (κ3) is 1.65.